The first kappa shape index (κ1) is 34.9. The molecule has 0 saturated heterocycles. The van der Waals surface area contributed by atoms with Crippen LogP contribution in [0.15, 0.2) is 233 Å². The molecule has 10 aromatic carbocycles. The molecule has 0 spiro atoms. The molecule has 0 aliphatic heterocycles. The fraction of sp³-hybridized carbons (Fsp3) is 0. The van der Waals surface area contributed by atoms with E-state index in [1.165, 1.54) is 27.6 Å². The fourth-order valence-corrected chi connectivity index (χ4v) is 9.16. The van der Waals surface area contributed by atoms with Crippen LogP contribution in [-0.4, -0.2) is 0 Å². The molecular formula is C58H37NO2. The molecule has 0 aliphatic rings. The predicted octanol–water partition coefficient (Wildman–Crippen LogP) is 16.8. The SMILES string of the molecule is c1ccc(-c2ccc(N(c3ccc(-c4ccccc4)cc3)c3ccc(-c4ccc5c(-c6cccc7oc8ccccc8c67)cc6oc7ccccc7c6c5c4)cc3)cc2)cc1. The van der Waals surface area contributed by atoms with Crippen molar-refractivity contribution in [1.82, 2.24) is 0 Å². The second kappa shape index (κ2) is 14.3. The Labute approximate surface area is 353 Å². The summed E-state index contributed by atoms with van der Waals surface area (Å²) in [6.45, 7) is 0. The summed E-state index contributed by atoms with van der Waals surface area (Å²) in [5.41, 5.74) is 16.1. The summed E-state index contributed by atoms with van der Waals surface area (Å²) in [6.07, 6.45) is 0. The highest BCUT2D eigenvalue weighted by molar-refractivity contribution is 6.25. The molecule has 0 aliphatic carbocycles. The summed E-state index contributed by atoms with van der Waals surface area (Å²) in [7, 11) is 0. The van der Waals surface area contributed by atoms with Gasteiger partial charge in [0.15, 0.2) is 0 Å². The van der Waals surface area contributed by atoms with Crippen molar-refractivity contribution in [1.29, 1.82) is 0 Å². The van der Waals surface area contributed by atoms with Gasteiger partial charge in [0.2, 0.25) is 0 Å². The highest BCUT2D eigenvalue weighted by Crippen LogP contribution is 2.45. The lowest BCUT2D eigenvalue weighted by Crippen LogP contribution is -2.09. The number of anilines is 3. The first-order chi connectivity index (χ1) is 30.2. The Hall–Kier alpha value is -8.14. The van der Waals surface area contributed by atoms with Gasteiger partial charge >= 0.3 is 0 Å². The Balaban J connectivity index is 0.982. The van der Waals surface area contributed by atoms with Crippen LogP contribution >= 0.6 is 0 Å². The molecule has 3 heteroatoms. The van der Waals surface area contributed by atoms with Gasteiger partial charge in [-0.15, -0.1) is 0 Å². The van der Waals surface area contributed by atoms with Crippen molar-refractivity contribution >= 4 is 71.7 Å². The number of nitrogens with zero attached hydrogens (tertiary/aromatic N) is 1. The Bertz CT molecular complexity index is 3460. The molecule has 0 atom stereocenters. The monoisotopic (exact) mass is 779 g/mol. The minimum absolute atomic E-state index is 0.869. The highest BCUT2D eigenvalue weighted by Gasteiger charge is 2.20. The van der Waals surface area contributed by atoms with Gasteiger partial charge in [0.05, 0.1) is 0 Å². The second-order valence-corrected chi connectivity index (χ2v) is 15.6. The third-order valence-corrected chi connectivity index (χ3v) is 12.1. The smallest absolute Gasteiger partial charge is 0.136 e. The minimum atomic E-state index is 0.869. The Morgan fingerprint density at radius 2 is 0.689 bits per heavy atom. The zero-order valence-corrected chi connectivity index (χ0v) is 33.1. The van der Waals surface area contributed by atoms with Gasteiger partial charge in [-0.2, -0.15) is 0 Å². The van der Waals surface area contributed by atoms with E-state index < -0.39 is 0 Å². The van der Waals surface area contributed by atoms with Crippen molar-refractivity contribution in [3.63, 3.8) is 0 Å². The summed E-state index contributed by atoms with van der Waals surface area (Å²) in [6, 6.07) is 79.9. The lowest BCUT2D eigenvalue weighted by atomic mass is 9.90. The molecule has 0 N–H and O–H groups in total. The largest absolute Gasteiger partial charge is 0.456 e. The van der Waals surface area contributed by atoms with E-state index in [0.717, 1.165) is 88.6 Å². The maximum Gasteiger partial charge on any atom is 0.136 e. The van der Waals surface area contributed by atoms with Gasteiger partial charge in [-0.1, -0.05) is 158 Å². The number of hydrogen-bond acceptors (Lipinski definition) is 3. The van der Waals surface area contributed by atoms with E-state index in [-0.39, 0.29) is 0 Å². The van der Waals surface area contributed by atoms with Crippen molar-refractivity contribution in [3.05, 3.63) is 224 Å². The molecule has 0 amide bonds. The summed E-state index contributed by atoms with van der Waals surface area (Å²) >= 11 is 0. The van der Waals surface area contributed by atoms with Crippen molar-refractivity contribution in [2.45, 2.75) is 0 Å². The van der Waals surface area contributed by atoms with Gasteiger partial charge < -0.3 is 13.7 Å². The fourth-order valence-electron chi connectivity index (χ4n) is 9.16. The molecule has 0 radical (unpaired) electrons. The standard InChI is InChI=1S/C58H37NO2/c1-3-12-38(13-4-1)40-22-29-44(30-23-40)59(45-31-24-41(25-32-45)39-14-5-2-6-15-39)46-33-26-42(27-34-46)43-28-35-47-51(37-56-58(52(47)36-43)50-17-8-10-20-54(50)61-56)48-18-11-21-55-57(48)49-16-7-9-19-53(49)60-55/h1-37H. The van der Waals surface area contributed by atoms with Crippen LogP contribution in [0, 0.1) is 0 Å². The third kappa shape index (κ3) is 5.98. The van der Waals surface area contributed by atoms with Gasteiger partial charge in [-0.25, -0.2) is 0 Å². The van der Waals surface area contributed by atoms with Crippen LogP contribution < -0.4 is 4.90 Å². The van der Waals surface area contributed by atoms with Crippen LogP contribution in [0.5, 0.6) is 0 Å². The number of para-hydroxylation sites is 2. The van der Waals surface area contributed by atoms with Gasteiger partial charge in [-0.3, -0.25) is 0 Å². The molecule has 61 heavy (non-hydrogen) atoms. The molecule has 12 aromatic rings. The van der Waals surface area contributed by atoms with E-state index in [1.807, 2.05) is 18.2 Å². The van der Waals surface area contributed by atoms with E-state index in [2.05, 4.69) is 211 Å². The summed E-state index contributed by atoms with van der Waals surface area (Å²) < 4.78 is 13.0. The zero-order chi connectivity index (χ0) is 40.3. The van der Waals surface area contributed by atoms with Gasteiger partial charge in [0.1, 0.15) is 22.3 Å². The number of rotatable bonds is 7. The average Bonchev–Trinajstić information content (AvgIpc) is 3.91. The van der Waals surface area contributed by atoms with E-state index in [9.17, 15) is 0 Å². The molecule has 2 aromatic heterocycles. The zero-order valence-electron chi connectivity index (χ0n) is 33.1. The van der Waals surface area contributed by atoms with E-state index in [1.54, 1.807) is 0 Å². The summed E-state index contributed by atoms with van der Waals surface area (Å²) in [4.78, 5) is 2.33. The second-order valence-electron chi connectivity index (χ2n) is 15.6. The van der Waals surface area contributed by atoms with E-state index in [4.69, 9.17) is 8.83 Å². The lowest BCUT2D eigenvalue weighted by molar-refractivity contribution is 0.668. The van der Waals surface area contributed by atoms with Crippen LogP contribution in [0.25, 0.3) is 99.2 Å². The molecule has 0 bridgehead atoms. The number of furan rings is 2. The van der Waals surface area contributed by atoms with Crippen molar-refractivity contribution in [2.24, 2.45) is 0 Å². The predicted molar refractivity (Wildman–Crippen MR) is 255 cm³/mol. The van der Waals surface area contributed by atoms with Crippen LogP contribution in [-0.2, 0) is 0 Å². The topological polar surface area (TPSA) is 29.5 Å². The summed E-state index contributed by atoms with van der Waals surface area (Å²) in [5.74, 6) is 0. The summed E-state index contributed by atoms with van der Waals surface area (Å²) in [5, 5.41) is 6.78. The molecule has 0 fully saturated rings. The lowest BCUT2D eigenvalue weighted by Gasteiger charge is -2.26. The van der Waals surface area contributed by atoms with Crippen LogP contribution in [0.4, 0.5) is 17.1 Å². The molecule has 2 heterocycles. The molecule has 0 unspecified atom stereocenters. The van der Waals surface area contributed by atoms with Crippen LogP contribution in [0.3, 0.4) is 0 Å². The van der Waals surface area contributed by atoms with E-state index >= 15 is 0 Å². The highest BCUT2D eigenvalue weighted by atomic mass is 16.3. The first-order valence-corrected chi connectivity index (χ1v) is 20.7. The molecule has 0 saturated carbocycles. The number of hydrogen-bond donors (Lipinski definition) is 0. The van der Waals surface area contributed by atoms with Crippen molar-refractivity contribution in [3.8, 4) is 44.5 Å². The number of benzene rings is 10. The Kier molecular flexibility index (Phi) is 8.17. The first-order valence-electron chi connectivity index (χ1n) is 20.7. The number of fused-ring (bicyclic) bond motifs is 8. The van der Waals surface area contributed by atoms with Gasteiger partial charge in [0, 0.05) is 38.6 Å². The molecular weight excluding hydrogens is 743 g/mol. The van der Waals surface area contributed by atoms with E-state index in [0.29, 0.717) is 0 Å². The third-order valence-electron chi connectivity index (χ3n) is 12.1. The molecule has 12 rings (SSSR count). The molecule has 3 nitrogen and oxygen atoms in total. The average molecular weight is 780 g/mol. The maximum absolute atomic E-state index is 6.61. The minimum Gasteiger partial charge on any atom is -0.456 e. The quantitative estimate of drug-likeness (QED) is 0.161. The Morgan fingerprint density at radius 1 is 0.246 bits per heavy atom. The normalized spacial score (nSPS) is 11.6. The molecule has 286 valence electrons. The Morgan fingerprint density at radius 3 is 1.26 bits per heavy atom. The van der Waals surface area contributed by atoms with Crippen molar-refractivity contribution in [2.75, 3.05) is 4.90 Å². The maximum atomic E-state index is 6.61. The van der Waals surface area contributed by atoms with Crippen LogP contribution in [0.2, 0.25) is 0 Å². The van der Waals surface area contributed by atoms with Crippen molar-refractivity contribution < 1.29 is 8.83 Å². The van der Waals surface area contributed by atoms with Gasteiger partial charge in [0.25, 0.3) is 0 Å². The van der Waals surface area contributed by atoms with Gasteiger partial charge in [-0.05, 0) is 122 Å². The van der Waals surface area contributed by atoms with Crippen LogP contribution in [0.1, 0.15) is 0 Å².